The zero-order chi connectivity index (χ0) is 23.4. The summed E-state index contributed by atoms with van der Waals surface area (Å²) in [4.78, 5) is 12.9. The maximum atomic E-state index is 14.4. The Morgan fingerprint density at radius 2 is 1.94 bits per heavy atom. The molecule has 2 aromatic rings. The zero-order valence-electron chi connectivity index (χ0n) is 18.4. The van der Waals surface area contributed by atoms with E-state index in [4.69, 9.17) is 0 Å². The first-order valence-electron chi connectivity index (χ1n) is 10.2. The predicted octanol–water partition coefficient (Wildman–Crippen LogP) is 5.41. The van der Waals surface area contributed by atoms with Crippen molar-refractivity contribution < 1.29 is 18.7 Å². The standard InChI is InChI=1S/C24H27F2N3O2S/c1-14(2)9-21(24(29(4)13-30)27-20-7-5-15(3)10-18(20)25)28-32-23-12-17(23)16-6-8-22(31)19(26)11-16/h5-11,13,17,23,27-28,31H,12H2,1-4H3/b24-21+. The highest BCUT2D eigenvalue weighted by atomic mass is 32.2. The van der Waals surface area contributed by atoms with Crippen LogP contribution >= 0.6 is 11.9 Å². The molecule has 0 bridgehead atoms. The average Bonchev–Trinajstić information content (AvgIpc) is 3.51. The van der Waals surface area contributed by atoms with Crippen molar-refractivity contribution in [2.75, 3.05) is 12.4 Å². The number of carbonyl (C=O) groups is 1. The Bertz CT molecular complexity index is 1070. The summed E-state index contributed by atoms with van der Waals surface area (Å²) in [6.07, 6.45) is 3.38. The van der Waals surface area contributed by atoms with Crippen LogP contribution in [0.4, 0.5) is 14.5 Å². The van der Waals surface area contributed by atoms with Crippen molar-refractivity contribution in [1.82, 2.24) is 9.62 Å². The van der Waals surface area contributed by atoms with E-state index < -0.39 is 11.6 Å². The zero-order valence-corrected chi connectivity index (χ0v) is 19.3. The second-order valence-corrected chi connectivity index (χ2v) is 9.17. The van der Waals surface area contributed by atoms with E-state index in [0.717, 1.165) is 23.1 Å². The van der Waals surface area contributed by atoms with E-state index in [1.807, 2.05) is 19.9 Å². The fourth-order valence-electron chi connectivity index (χ4n) is 3.23. The number of hydrogen-bond acceptors (Lipinski definition) is 5. The fraction of sp³-hybridized carbons (Fsp3) is 0.292. The second-order valence-electron chi connectivity index (χ2n) is 8.12. The van der Waals surface area contributed by atoms with Gasteiger partial charge in [-0.2, -0.15) is 0 Å². The van der Waals surface area contributed by atoms with Crippen molar-refractivity contribution >= 4 is 24.0 Å². The molecule has 32 heavy (non-hydrogen) atoms. The molecule has 1 amide bonds. The van der Waals surface area contributed by atoms with Gasteiger partial charge in [0.15, 0.2) is 11.6 Å². The van der Waals surface area contributed by atoms with Crippen LogP contribution < -0.4 is 10.0 Å². The Morgan fingerprint density at radius 1 is 1.19 bits per heavy atom. The first kappa shape index (κ1) is 23.7. The topological polar surface area (TPSA) is 64.6 Å². The summed E-state index contributed by atoms with van der Waals surface area (Å²) in [5, 5.41) is 12.6. The minimum absolute atomic E-state index is 0.158. The van der Waals surface area contributed by atoms with Gasteiger partial charge in [-0.15, -0.1) is 0 Å². The lowest BCUT2D eigenvalue weighted by Gasteiger charge is -2.22. The normalized spacial score (nSPS) is 17.8. The highest BCUT2D eigenvalue weighted by Crippen LogP contribution is 2.49. The molecule has 1 aliphatic carbocycles. The van der Waals surface area contributed by atoms with Gasteiger partial charge >= 0.3 is 0 Å². The summed E-state index contributed by atoms with van der Waals surface area (Å²) < 4.78 is 31.4. The van der Waals surface area contributed by atoms with Gasteiger partial charge in [-0.25, -0.2) is 8.78 Å². The van der Waals surface area contributed by atoms with Gasteiger partial charge < -0.3 is 20.0 Å². The third-order valence-electron chi connectivity index (χ3n) is 5.03. The summed E-state index contributed by atoms with van der Waals surface area (Å²) in [5.74, 6) is -0.839. The number of phenols is 1. The number of nitrogens with zero attached hydrogens (tertiary/aromatic N) is 1. The summed E-state index contributed by atoms with van der Waals surface area (Å²) >= 11 is 1.47. The molecule has 1 saturated carbocycles. The molecule has 5 nitrogen and oxygen atoms in total. The predicted molar refractivity (Wildman–Crippen MR) is 125 cm³/mol. The number of rotatable bonds is 9. The molecule has 0 aliphatic heterocycles. The molecular weight excluding hydrogens is 432 g/mol. The number of nitrogens with one attached hydrogen (secondary N) is 2. The largest absolute Gasteiger partial charge is 0.505 e. The third-order valence-corrected chi connectivity index (χ3v) is 6.19. The highest BCUT2D eigenvalue weighted by Gasteiger charge is 2.39. The van der Waals surface area contributed by atoms with Gasteiger partial charge in [0.25, 0.3) is 0 Å². The molecule has 1 aliphatic rings. The summed E-state index contributed by atoms with van der Waals surface area (Å²) in [7, 11) is 1.59. The summed E-state index contributed by atoms with van der Waals surface area (Å²) in [6.45, 7) is 5.66. The van der Waals surface area contributed by atoms with Crippen LogP contribution in [0, 0.1) is 18.6 Å². The van der Waals surface area contributed by atoms with Gasteiger partial charge in [-0.3, -0.25) is 4.79 Å². The van der Waals surface area contributed by atoms with Crippen LogP contribution in [0.5, 0.6) is 5.75 Å². The molecule has 2 unspecified atom stereocenters. The molecule has 0 saturated heterocycles. The molecule has 0 aromatic heterocycles. The number of anilines is 1. The van der Waals surface area contributed by atoms with Crippen molar-refractivity contribution in [2.24, 2.45) is 0 Å². The number of aryl methyl sites for hydroxylation is 1. The first-order valence-corrected chi connectivity index (χ1v) is 11.1. The van der Waals surface area contributed by atoms with Crippen LogP contribution in [-0.4, -0.2) is 28.7 Å². The molecule has 1 fully saturated rings. The van der Waals surface area contributed by atoms with E-state index in [9.17, 15) is 18.7 Å². The molecule has 170 valence electrons. The van der Waals surface area contributed by atoms with Gasteiger partial charge in [-0.1, -0.05) is 17.7 Å². The van der Waals surface area contributed by atoms with Gasteiger partial charge in [-0.05, 0) is 86.5 Å². The molecule has 3 rings (SSSR count). The Hall–Kier alpha value is -3.00. The van der Waals surface area contributed by atoms with Crippen LogP contribution in [0.15, 0.2) is 59.6 Å². The Kier molecular flexibility index (Phi) is 7.45. The number of phenolic OH excluding ortho intramolecular Hbond substituents is 1. The lowest BCUT2D eigenvalue weighted by Crippen LogP contribution is -2.26. The number of aromatic hydroxyl groups is 1. The van der Waals surface area contributed by atoms with Crippen LogP contribution in [0.25, 0.3) is 0 Å². The van der Waals surface area contributed by atoms with Gasteiger partial charge in [0.2, 0.25) is 6.41 Å². The fourth-order valence-corrected chi connectivity index (χ4v) is 4.29. The lowest BCUT2D eigenvalue weighted by molar-refractivity contribution is -0.115. The highest BCUT2D eigenvalue weighted by molar-refractivity contribution is 7.98. The van der Waals surface area contributed by atoms with Gasteiger partial charge in [0.1, 0.15) is 11.6 Å². The number of carbonyl (C=O) groups excluding carboxylic acids is 1. The van der Waals surface area contributed by atoms with E-state index in [1.165, 1.54) is 35.0 Å². The van der Waals surface area contributed by atoms with Crippen molar-refractivity contribution in [1.29, 1.82) is 0 Å². The molecule has 0 heterocycles. The number of amides is 1. The van der Waals surface area contributed by atoms with Crippen molar-refractivity contribution in [3.8, 4) is 5.75 Å². The smallest absolute Gasteiger partial charge is 0.215 e. The first-order chi connectivity index (χ1) is 15.2. The third kappa shape index (κ3) is 5.82. The molecule has 0 spiro atoms. The molecular formula is C24H27F2N3O2S. The number of allylic oxidation sites excluding steroid dienone is 2. The Balaban J connectivity index is 1.82. The maximum absolute atomic E-state index is 14.4. The van der Waals surface area contributed by atoms with Crippen LogP contribution in [0.1, 0.15) is 37.3 Å². The van der Waals surface area contributed by atoms with E-state index >= 15 is 0 Å². The van der Waals surface area contributed by atoms with E-state index in [0.29, 0.717) is 17.9 Å². The summed E-state index contributed by atoms with van der Waals surface area (Å²) in [5.41, 5.74) is 3.49. The Labute approximate surface area is 191 Å². The van der Waals surface area contributed by atoms with Crippen LogP contribution in [-0.2, 0) is 4.79 Å². The number of halogens is 2. The molecule has 0 radical (unpaired) electrons. The number of benzene rings is 2. The minimum Gasteiger partial charge on any atom is -0.505 e. The van der Waals surface area contributed by atoms with E-state index in [1.54, 1.807) is 32.2 Å². The molecule has 2 aromatic carbocycles. The SMILES string of the molecule is CC(C)=C/C(NSC1CC1c1ccc(O)c(F)c1)=C(/Nc1ccc(C)cc1F)N(C)C=O. The van der Waals surface area contributed by atoms with E-state index in [-0.39, 0.29) is 22.6 Å². The minimum atomic E-state index is -0.629. The van der Waals surface area contributed by atoms with Crippen molar-refractivity contribution in [3.63, 3.8) is 0 Å². The number of hydrogen-bond donors (Lipinski definition) is 3. The Morgan fingerprint density at radius 3 is 2.56 bits per heavy atom. The second kappa shape index (κ2) is 10.1. The van der Waals surface area contributed by atoms with Gasteiger partial charge in [0.05, 0.1) is 11.4 Å². The van der Waals surface area contributed by atoms with Crippen molar-refractivity contribution in [2.45, 2.75) is 38.4 Å². The van der Waals surface area contributed by atoms with Crippen LogP contribution in [0.2, 0.25) is 0 Å². The monoisotopic (exact) mass is 459 g/mol. The maximum Gasteiger partial charge on any atom is 0.215 e. The molecule has 3 N–H and O–H groups in total. The quantitative estimate of drug-likeness (QED) is 0.266. The summed E-state index contributed by atoms with van der Waals surface area (Å²) in [6, 6.07) is 9.30. The average molecular weight is 460 g/mol. The van der Waals surface area contributed by atoms with Crippen LogP contribution in [0.3, 0.4) is 0 Å². The van der Waals surface area contributed by atoms with E-state index in [2.05, 4.69) is 10.0 Å². The van der Waals surface area contributed by atoms with Crippen molar-refractivity contribution in [3.05, 3.63) is 82.3 Å². The lowest BCUT2D eigenvalue weighted by atomic mass is 10.1. The molecule has 2 atom stereocenters. The molecule has 8 heteroatoms. The van der Waals surface area contributed by atoms with Gasteiger partial charge in [0, 0.05) is 12.3 Å².